The van der Waals surface area contributed by atoms with Crippen LogP contribution >= 0.6 is 0 Å². The van der Waals surface area contributed by atoms with Gasteiger partial charge in [-0.15, -0.1) is 0 Å². The van der Waals surface area contributed by atoms with E-state index in [4.69, 9.17) is 0 Å². The molecule has 1 saturated heterocycles. The van der Waals surface area contributed by atoms with Crippen LogP contribution in [0.3, 0.4) is 0 Å². The summed E-state index contributed by atoms with van der Waals surface area (Å²) in [6.07, 6.45) is 1.69. The number of carbonyl (C=O) groups is 1. The maximum absolute atomic E-state index is 11.8. The van der Waals surface area contributed by atoms with Gasteiger partial charge in [0.05, 0.1) is 6.04 Å². The molecule has 2 aromatic carbocycles. The van der Waals surface area contributed by atoms with Crippen molar-refractivity contribution >= 4 is 16.7 Å². The minimum Gasteiger partial charge on any atom is -0.341 e. The molecule has 0 radical (unpaired) electrons. The lowest BCUT2D eigenvalue weighted by molar-refractivity contribution is -0.128. The van der Waals surface area contributed by atoms with Gasteiger partial charge in [-0.2, -0.15) is 0 Å². The number of hydrogen-bond donors (Lipinski definition) is 1. The van der Waals surface area contributed by atoms with Gasteiger partial charge in [-0.05, 0) is 29.8 Å². The van der Waals surface area contributed by atoms with E-state index < -0.39 is 0 Å². The zero-order valence-corrected chi connectivity index (χ0v) is 11.8. The second kappa shape index (κ2) is 5.63. The molecule has 1 fully saturated rings. The van der Waals surface area contributed by atoms with Crippen molar-refractivity contribution in [2.45, 2.75) is 18.9 Å². The van der Waals surface area contributed by atoms with Crippen LogP contribution < -0.4 is 5.32 Å². The normalized spacial score (nSPS) is 16.9. The van der Waals surface area contributed by atoms with Crippen LogP contribution in [0.15, 0.2) is 42.5 Å². The van der Waals surface area contributed by atoms with Gasteiger partial charge in [0.1, 0.15) is 0 Å². The van der Waals surface area contributed by atoms with Crippen LogP contribution in [-0.4, -0.2) is 30.9 Å². The Morgan fingerprint density at radius 2 is 2.00 bits per heavy atom. The van der Waals surface area contributed by atoms with Crippen molar-refractivity contribution in [2.24, 2.45) is 0 Å². The quantitative estimate of drug-likeness (QED) is 0.924. The first-order valence-corrected chi connectivity index (χ1v) is 7.22. The highest BCUT2D eigenvalue weighted by atomic mass is 16.2. The van der Waals surface area contributed by atoms with E-state index in [1.165, 1.54) is 16.3 Å². The second-order valence-electron chi connectivity index (χ2n) is 5.35. The number of likely N-dealkylation sites (tertiary alicyclic amines) is 1. The molecule has 0 bridgehead atoms. The molecule has 1 N–H and O–H groups in total. The molecule has 1 unspecified atom stereocenters. The first-order valence-electron chi connectivity index (χ1n) is 7.22. The van der Waals surface area contributed by atoms with Crippen molar-refractivity contribution in [2.75, 3.05) is 20.1 Å². The summed E-state index contributed by atoms with van der Waals surface area (Å²) in [7, 11) is 1.97. The fourth-order valence-electron chi connectivity index (χ4n) is 3.02. The van der Waals surface area contributed by atoms with Crippen molar-refractivity contribution in [1.29, 1.82) is 0 Å². The van der Waals surface area contributed by atoms with E-state index in [0.717, 1.165) is 19.5 Å². The lowest BCUT2D eigenvalue weighted by Crippen LogP contribution is -2.34. The molecule has 104 valence electrons. The Bertz CT molecular complexity index is 618. The molecule has 1 atom stereocenters. The van der Waals surface area contributed by atoms with Crippen molar-refractivity contribution in [3.63, 3.8) is 0 Å². The van der Waals surface area contributed by atoms with Gasteiger partial charge in [0.25, 0.3) is 0 Å². The summed E-state index contributed by atoms with van der Waals surface area (Å²) >= 11 is 0. The van der Waals surface area contributed by atoms with E-state index >= 15 is 0 Å². The molecule has 3 rings (SSSR count). The highest BCUT2D eigenvalue weighted by Gasteiger charge is 2.24. The van der Waals surface area contributed by atoms with Gasteiger partial charge in [-0.3, -0.25) is 4.79 Å². The van der Waals surface area contributed by atoms with E-state index in [9.17, 15) is 4.79 Å². The molecule has 1 aliphatic heterocycles. The van der Waals surface area contributed by atoms with Gasteiger partial charge < -0.3 is 10.2 Å². The van der Waals surface area contributed by atoms with E-state index in [-0.39, 0.29) is 11.9 Å². The maximum atomic E-state index is 11.8. The van der Waals surface area contributed by atoms with Gasteiger partial charge in [0.15, 0.2) is 0 Å². The molecule has 3 heteroatoms. The Labute approximate surface area is 119 Å². The molecule has 0 saturated carbocycles. The Balaban J connectivity index is 1.93. The summed E-state index contributed by atoms with van der Waals surface area (Å²) in [5, 5.41) is 5.88. The zero-order valence-electron chi connectivity index (χ0n) is 11.8. The Morgan fingerprint density at radius 1 is 1.20 bits per heavy atom. The number of rotatable bonds is 4. The lowest BCUT2D eigenvalue weighted by Gasteiger charge is -2.25. The average Bonchev–Trinajstić information content (AvgIpc) is 2.89. The van der Waals surface area contributed by atoms with E-state index in [2.05, 4.69) is 47.8 Å². The first kappa shape index (κ1) is 13.1. The SMILES string of the molecule is CNC(CN1CCCC1=O)c1cccc2ccccc12. The fourth-order valence-corrected chi connectivity index (χ4v) is 3.02. The van der Waals surface area contributed by atoms with E-state index in [0.29, 0.717) is 6.42 Å². The van der Waals surface area contributed by atoms with Gasteiger partial charge >= 0.3 is 0 Å². The summed E-state index contributed by atoms with van der Waals surface area (Å²) in [5.74, 6) is 0.283. The topological polar surface area (TPSA) is 32.3 Å². The van der Waals surface area contributed by atoms with Gasteiger partial charge in [0, 0.05) is 19.5 Å². The molecular weight excluding hydrogens is 248 g/mol. The number of carbonyl (C=O) groups excluding carboxylic acids is 1. The lowest BCUT2D eigenvalue weighted by atomic mass is 9.98. The van der Waals surface area contributed by atoms with Crippen LogP contribution in [0.2, 0.25) is 0 Å². The van der Waals surface area contributed by atoms with E-state index in [1.807, 2.05) is 11.9 Å². The summed E-state index contributed by atoms with van der Waals surface area (Å²) in [6, 6.07) is 15.0. The van der Waals surface area contributed by atoms with Crippen LogP contribution in [0.5, 0.6) is 0 Å². The molecule has 0 aliphatic carbocycles. The summed E-state index contributed by atoms with van der Waals surface area (Å²) in [4.78, 5) is 13.8. The van der Waals surface area contributed by atoms with Crippen molar-refractivity contribution < 1.29 is 4.79 Å². The highest BCUT2D eigenvalue weighted by molar-refractivity contribution is 5.86. The average molecular weight is 268 g/mol. The fraction of sp³-hybridized carbons (Fsp3) is 0.353. The molecule has 1 heterocycles. The number of hydrogen-bond acceptors (Lipinski definition) is 2. The number of amides is 1. The zero-order chi connectivity index (χ0) is 13.9. The van der Waals surface area contributed by atoms with Crippen LogP contribution in [-0.2, 0) is 4.79 Å². The Kier molecular flexibility index (Phi) is 3.70. The predicted molar refractivity (Wildman–Crippen MR) is 81.6 cm³/mol. The third-order valence-corrected chi connectivity index (χ3v) is 4.12. The molecule has 2 aromatic rings. The maximum Gasteiger partial charge on any atom is 0.222 e. The highest BCUT2D eigenvalue weighted by Crippen LogP contribution is 2.25. The smallest absolute Gasteiger partial charge is 0.222 e. The van der Waals surface area contributed by atoms with Gasteiger partial charge in [-0.25, -0.2) is 0 Å². The molecule has 1 amide bonds. The molecule has 20 heavy (non-hydrogen) atoms. The van der Waals surface area contributed by atoms with Crippen molar-refractivity contribution in [3.05, 3.63) is 48.0 Å². The third-order valence-electron chi connectivity index (χ3n) is 4.12. The summed E-state index contributed by atoms with van der Waals surface area (Å²) in [5.41, 5.74) is 1.27. The largest absolute Gasteiger partial charge is 0.341 e. The van der Waals surface area contributed by atoms with Crippen LogP contribution in [0.1, 0.15) is 24.4 Å². The van der Waals surface area contributed by atoms with Gasteiger partial charge in [-0.1, -0.05) is 42.5 Å². The first-order chi connectivity index (χ1) is 9.79. The van der Waals surface area contributed by atoms with E-state index in [1.54, 1.807) is 0 Å². The Hall–Kier alpha value is -1.87. The van der Waals surface area contributed by atoms with Crippen LogP contribution in [0.25, 0.3) is 10.8 Å². The summed E-state index contributed by atoms with van der Waals surface area (Å²) in [6.45, 7) is 1.64. The third kappa shape index (κ3) is 2.41. The van der Waals surface area contributed by atoms with Crippen LogP contribution in [0.4, 0.5) is 0 Å². The molecule has 3 nitrogen and oxygen atoms in total. The number of nitrogens with zero attached hydrogens (tertiary/aromatic N) is 1. The molecule has 0 aromatic heterocycles. The minimum absolute atomic E-state index is 0.183. The predicted octanol–water partition coefficient (Wildman–Crippen LogP) is 2.72. The number of nitrogens with one attached hydrogen (secondary N) is 1. The van der Waals surface area contributed by atoms with Crippen molar-refractivity contribution in [3.8, 4) is 0 Å². The summed E-state index contributed by atoms with van der Waals surface area (Å²) < 4.78 is 0. The monoisotopic (exact) mass is 268 g/mol. The number of fused-ring (bicyclic) bond motifs is 1. The standard InChI is InChI=1S/C17H20N2O/c1-18-16(12-19-11-5-10-17(19)20)15-9-4-7-13-6-2-3-8-14(13)15/h2-4,6-9,16,18H,5,10-12H2,1H3. The Morgan fingerprint density at radius 3 is 2.75 bits per heavy atom. The van der Waals surface area contributed by atoms with Crippen molar-refractivity contribution in [1.82, 2.24) is 10.2 Å². The van der Waals surface area contributed by atoms with Crippen LogP contribution in [0, 0.1) is 0 Å². The number of likely N-dealkylation sites (N-methyl/N-ethyl adjacent to an activating group) is 1. The van der Waals surface area contributed by atoms with Gasteiger partial charge in [0.2, 0.25) is 5.91 Å². The second-order valence-corrected chi connectivity index (χ2v) is 5.35. The molecule has 1 aliphatic rings. The number of benzene rings is 2. The minimum atomic E-state index is 0.183. The molecular formula is C17H20N2O. The molecule has 0 spiro atoms.